The van der Waals surface area contributed by atoms with Gasteiger partial charge in [0.25, 0.3) is 5.91 Å². The summed E-state index contributed by atoms with van der Waals surface area (Å²) in [4.78, 5) is 23.5. The maximum absolute atomic E-state index is 13.0. The zero-order valence-electron chi connectivity index (χ0n) is 17.0. The van der Waals surface area contributed by atoms with E-state index >= 15 is 0 Å². The van der Waals surface area contributed by atoms with E-state index in [0.29, 0.717) is 11.1 Å². The van der Waals surface area contributed by atoms with Crippen LogP contribution in [0.2, 0.25) is 10.0 Å². The molecule has 1 fully saturated rings. The van der Waals surface area contributed by atoms with Crippen molar-refractivity contribution in [2.24, 2.45) is 0 Å². The van der Waals surface area contributed by atoms with E-state index < -0.39 is 10.0 Å². The van der Waals surface area contributed by atoms with Crippen LogP contribution < -0.4 is 0 Å². The molecule has 0 bridgehead atoms. The molecule has 0 spiro atoms. The molecule has 0 radical (unpaired) electrons. The number of aryl methyl sites for hydroxylation is 2. The number of rotatable bonds is 3. The molecule has 1 aliphatic heterocycles. The minimum absolute atomic E-state index is 0.0776. The van der Waals surface area contributed by atoms with Gasteiger partial charge in [0.1, 0.15) is 4.90 Å². The minimum atomic E-state index is -3.86. The lowest BCUT2D eigenvalue weighted by atomic mass is 10.1. The van der Waals surface area contributed by atoms with Gasteiger partial charge >= 0.3 is 0 Å². The third kappa shape index (κ3) is 4.13. The second kappa shape index (κ2) is 8.35. The summed E-state index contributed by atoms with van der Waals surface area (Å²) in [6.45, 7) is 4.60. The summed E-state index contributed by atoms with van der Waals surface area (Å²) in [7, 11) is -3.86. The summed E-state index contributed by atoms with van der Waals surface area (Å²) in [5, 5.41) is 0.155. The van der Waals surface area contributed by atoms with Crippen molar-refractivity contribution in [3.8, 4) is 0 Å². The molecule has 0 saturated carbocycles. The lowest BCUT2D eigenvalue weighted by molar-refractivity contribution is 0.0698. The van der Waals surface area contributed by atoms with Crippen molar-refractivity contribution in [3.05, 3.63) is 63.4 Å². The van der Waals surface area contributed by atoms with E-state index in [-0.39, 0.29) is 47.0 Å². The topological polar surface area (TPSA) is 83.5 Å². The van der Waals surface area contributed by atoms with E-state index in [1.54, 1.807) is 29.2 Å². The normalized spacial score (nSPS) is 15.4. The molecule has 2 aromatic carbocycles. The number of hydrogen-bond donors (Lipinski definition) is 0. The molecule has 2 heterocycles. The van der Waals surface area contributed by atoms with E-state index in [1.165, 1.54) is 16.4 Å². The Labute approximate surface area is 190 Å². The molecule has 1 amide bonds. The molecule has 1 saturated heterocycles. The van der Waals surface area contributed by atoms with Gasteiger partial charge in [-0.25, -0.2) is 18.4 Å². The van der Waals surface area contributed by atoms with Crippen LogP contribution in [0.25, 0.3) is 11.0 Å². The number of nitrogens with zero attached hydrogens (tertiary/aromatic N) is 4. The molecular weight excluding hydrogens is 459 g/mol. The van der Waals surface area contributed by atoms with Gasteiger partial charge in [0.15, 0.2) is 0 Å². The molecule has 0 N–H and O–H groups in total. The predicted molar refractivity (Wildman–Crippen MR) is 120 cm³/mol. The molecule has 4 rings (SSSR count). The monoisotopic (exact) mass is 478 g/mol. The van der Waals surface area contributed by atoms with Crippen molar-refractivity contribution in [1.29, 1.82) is 0 Å². The Morgan fingerprint density at radius 2 is 1.48 bits per heavy atom. The van der Waals surface area contributed by atoms with Gasteiger partial charge in [-0.05, 0) is 44.2 Å². The number of sulfonamides is 1. The summed E-state index contributed by atoms with van der Waals surface area (Å²) in [6.07, 6.45) is 0. The lowest BCUT2D eigenvalue weighted by Gasteiger charge is -2.34. The van der Waals surface area contributed by atoms with E-state index in [9.17, 15) is 13.2 Å². The Morgan fingerprint density at radius 3 is 2.10 bits per heavy atom. The molecule has 0 atom stereocenters. The molecule has 0 aliphatic carbocycles. The van der Waals surface area contributed by atoms with Gasteiger partial charge in [-0.2, -0.15) is 4.31 Å². The number of amides is 1. The van der Waals surface area contributed by atoms with E-state index in [0.717, 1.165) is 16.9 Å². The first-order valence-corrected chi connectivity index (χ1v) is 11.9. The number of fused-ring (bicyclic) bond motifs is 1. The quantitative estimate of drug-likeness (QED) is 0.572. The predicted octanol–water partition coefficient (Wildman–Crippen LogP) is 3.70. The second-order valence-electron chi connectivity index (χ2n) is 7.34. The lowest BCUT2D eigenvalue weighted by Crippen LogP contribution is -2.50. The number of carbonyl (C=O) groups is 1. The van der Waals surface area contributed by atoms with Gasteiger partial charge in [0.2, 0.25) is 10.0 Å². The molecular formula is C21H20Cl2N4O3S. The summed E-state index contributed by atoms with van der Waals surface area (Å²) in [6, 6.07) is 9.81. The van der Waals surface area contributed by atoms with E-state index in [1.807, 2.05) is 13.8 Å². The highest BCUT2D eigenvalue weighted by molar-refractivity contribution is 7.89. The van der Waals surface area contributed by atoms with Crippen LogP contribution in [-0.4, -0.2) is 59.7 Å². The molecule has 1 aliphatic rings. The van der Waals surface area contributed by atoms with Crippen molar-refractivity contribution >= 4 is 50.2 Å². The van der Waals surface area contributed by atoms with Crippen LogP contribution in [0.1, 0.15) is 21.7 Å². The van der Waals surface area contributed by atoms with Crippen molar-refractivity contribution in [1.82, 2.24) is 19.2 Å². The summed E-state index contributed by atoms with van der Waals surface area (Å²) in [5.41, 5.74) is 3.54. The molecule has 0 unspecified atom stereocenters. The highest BCUT2D eigenvalue weighted by atomic mass is 35.5. The Morgan fingerprint density at radius 1 is 0.903 bits per heavy atom. The van der Waals surface area contributed by atoms with Crippen LogP contribution in [-0.2, 0) is 10.0 Å². The molecule has 3 aromatic rings. The third-order valence-electron chi connectivity index (χ3n) is 5.36. The second-order valence-corrected chi connectivity index (χ2v) is 10.0. The summed E-state index contributed by atoms with van der Waals surface area (Å²) >= 11 is 12.2. The number of hydrogen-bond acceptors (Lipinski definition) is 5. The smallest absolute Gasteiger partial charge is 0.254 e. The van der Waals surface area contributed by atoms with E-state index in [2.05, 4.69) is 9.97 Å². The van der Waals surface area contributed by atoms with Crippen molar-refractivity contribution < 1.29 is 13.2 Å². The first kappa shape index (κ1) is 22.0. The first-order valence-electron chi connectivity index (χ1n) is 9.67. The maximum Gasteiger partial charge on any atom is 0.254 e. The Bertz CT molecular complexity index is 1270. The van der Waals surface area contributed by atoms with Crippen LogP contribution in [0.15, 0.2) is 41.3 Å². The fraction of sp³-hybridized carbons (Fsp3) is 0.286. The molecule has 1 aromatic heterocycles. The van der Waals surface area contributed by atoms with Gasteiger partial charge in [-0.3, -0.25) is 4.79 Å². The minimum Gasteiger partial charge on any atom is -0.336 e. The fourth-order valence-corrected chi connectivity index (χ4v) is 6.05. The van der Waals surface area contributed by atoms with Crippen molar-refractivity contribution in [2.75, 3.05) is 26.2 Å². The Balaban J connectivity index is 1.51. The van der Waals surface area contributed by atoms with Gasteiger partial charge < -0.3 is 4.90 Å². The average molecular weight is 479 g/mol. The molecule has 10 heteroatoms. The van der Waals surface area contributed by atoms with Gasteiger partial charge in [0, 0.05) is 31.7 Å². The number of carbonyl (C=O) groups excluding carboxylic acids is 1. The zero-order chi connectivity index (χ0) is 22.3. The van der Waals surface area contributed by atoms with Crippen molar-refractivity contribution in [3.63, 3.8) is 0 Å². The molecule has 7 nitrogen and oxygen atoms in total. The number of piperazine rings is 1. The summed E-state index contributed by atoms with van der Waals surface area (Å²) in [5.74, 6) is -0.172. The maximum atomic E-state index is 13.0. The van der Waals surface area contributed by atoms with Crippen LogP contribution in [0, 0.1) is 13.8 Å². The fourth-order valence-electron chi connectivity index (χ4n) is 3.54. The van der Waals surface area contributed by atoms with E-state index in [4.69, 9.17) is 23.2 Å². The number of aromatic nitrogens is 2. The largest absolute Gasteiger partial charge is 0.336 e. The van der Waals surface area contributed by atoms with Crippen LogP contribution >= 0.6 is 23.2 Å². The zero-order valence-corrected chi connectivity index (χ0v) is 19.3. The number of benzene rings is 2. The Kier molecular flexibility index (Phi) is 5.91. The number of halogens is 2. The van der Waals surface area contributed by atoms with Gasteiger partial charge in [0.05, 0.1) is 32.5 Å². The first-order chi connectivity index (χ1) is 14.7. The van der Waals surface area contributed by atoms with Gasteiger partial charge in [-0.1, -0.05) is 29.3 Å². The average Bonchev–Trinajstić information content (AvgIpc) is 2.73. The Hall–Kier alpha value is -2.26. The van der Waals surface area contributed by atoms with Gasteiger partial charge in [-0.15, -0.1) is 0 Å². The van der Waals surface area contributed by atoms with Crippen LogP contribution in [0.4, 0.5) is 0 Å². The van der Waals surface area contributed by atoms with Crippen LogP contribution in [0.3, 0.4) is 0 Å². The molecule has 31 heavy (non-hydrogen) atoms. The highest BCUT2D eigenvalue weighted by Gasteiger charge is 2.33. The standard InChI is InChI=1S/C21H20Cl2N4O3S/c1-13-14(2)25-19-12-15(6-7-18(19)24-13)21(28)26-8-10-27(11-9-26)31(29,30)20-16(22)4-3-5-17(20)23/h3-7,12H,8-11H2,1-2H3. The van der Waals surface area contributed by atoms with Crippen LogP contribution in [0.5, 0.6) is 0 Å². The molecule has 162 valence electrons. The SMILES string of the molecule is Cc1nc2ccc(C(=O)N3CCN(S(=O)(=O)c4c(Cl)cccc4Cl)CC3)cc2nc1C. The van der Waals surface area contributed by atoms with Crippen molar-refractivity contribution in [2.45, 2.75) is 18.7 Å². The highest BCUT2D eigenvalue weighted by Crippen LogP contribution is 2.32. The third-order valence-corrected chi connectivity index (χ3v) is 8.22. The summed E-state index contributed by atoms with van der Waals surface area (Å²) < 4.78 is 27.3.